The molecular formula is C20H21NO3. The van der Waals surface area contributed by atoms with Crippen LogP contribution >= 0.6 is 0 Å². The fourth-order valence-corrected chi connectivity index (χ4v) is 3.25. The summed E-state index contributed by atoms with van der Waals surface area (Å²) in [5.74, 6) is -0.809. The van der Waals surface area contributed by atoms with E-state index in [-0.39, 0.29) is 12.3 Å². The number of carbonyl (C=O) groups is 2. The van der Waals surface area contributed by atoms with Gasteiger partial charge in [0.15, 0.2) is 0 Å². The summed E-state index contributed by atoms with van der Waals surface area (Å²) in [4.78, 5) is 22.9. The Bertz CT molecular complexity index is 767. The van der Waals surface area contributed by atoms with Gasteiger partial charge in [-0.15, -0.1) is 0 Å². The van der Waals surface area contributed by atoms with E-state index in [1.54, 1.807) is 0 Å². The fraction of sp³-hybridized carbons (Fsp3) is 0.300. The average molecular weight is 323 g/mol. The molecule has 1 aliphatic carbocycles. The van der Waals surface area contributed by atoms with Crippen LogP contribution in [0.5, 0.6) is 0 Å². The zero-order valence-electron chi connectivity index (χ0n) is 13.5. The van der Waals surface area contributed by atoms with Gasteiger partial charge in [0.2, 0.25) is 0 Å². The van der Waals surface area contributed by atoms with Crippen LogP contribution in [0.4, 0.5) is 0 Å². The van der Waals surface area contributed by atoms with E-state index in [9.17, 15) is 9.59 Å². The third-order valence-corrected chi connectivity index (χ3v) is 4.45. The van der Waals surface area contributed by atoms with Crippen molar-refractivity contribution in [2.45, 2.75) is 32.1 Å². The first-order valence-electron chi connectivity index (χ1n) is 8.37. The van der Waals surface area contributed by atoms with Crippen molar-refractivity contribution in [2.75, 3.05) is 6.54 Å². The van der Waals surface area contributed by atoms with Gasteiger partial charge in [-0.2, -0.15) is 0 Å². The van der Waals surface area contributed by atoms with Crippen LogP contribution < -0.4 is 5.32 Å². The molecule has 0 unspecified atom stereocenters. The normalized spacial score (nSPS) is 11.7. The first kappa shape index (κ1) is 16.2. The molecule has 0 aromatic heterocycles. The Morgan fingerprint density at radius 1 is 0.958 bits per heavy atom. The number of carboxylic acid groups (broad SMARTS) is 1. The number of fused-ring (bicyclic) bond motifs is 3. The quantitative estimate of drug-likeness (QED) is 0.652. The molecular weight excluding hydrogens is 302 g/mol. The van der Waals surface area contributed by atoms with E-state index in [0.29, 0.717) is 13.0 Å². The number of benzene rings is 2. The van der Waals surface area contributed by atoms with Crippen molar-refractivity contribution >= 4 is 11.9 Å². The lowest BCUT2D eigenvalue weighted by Crippen LogP contribution is -2.25. The standard InChI is InChI=1S/C20H21NO3/c22-19(23)11-2-1-5-12-21-20(24)17-10-6-9-16-15-8-4-3-7-14(15)13-18(16)17/h3-4,6-10H,1-2,5,11-13H2,(H,21,24)(H,22,23). The summed E-state index contributed by atoms with van der Waals surface area (Å²) in [5, 5.41) is 11.6. The number of hydrogen-bond donors (Lipinski definition) is 2. The predicted octanol–water partition coefficient (Wildman–Crippen LogP) is 3.63. The summed E-state index contributed by atoms with van der Waals surface area (Å²) in [6, 6.07) is 14.2. The lowest BCUT2D eigenvalue weighted by molar-refractivity contribution is -0.137. The second-order valence-electron chi connectivity index (χ2n) is 6.13. The number of nitrogens with one attached hydrogen (secondary N) is 1. The van der Waals surface area contributed by atoms with Crippen LogP contribution in [0, 0.1) is 0 Å². The average Bonchev–Trinajstić information content (AvgIpc) is 2.96. The minimum atomic E-state index is -0.765. The second-order valence-corrected chi connectivity index (χ2v) is 6.13. The number of amides is 1. The number of rotatable bonds is 7. The lowest BCUT2D eigenvalue weighted by Gasteiger charge is -2.09. The van der Waals surface area contributed by atoms with Gasteiger partial charge in [0, 0.05) is 18.5 Å². The van der Waals surface area contributed by atoms with Gasteiger partial charge in [-0.1, -0.05) is 42.8 Å². The topological polar surface area (TPSA) is 66.4 Å². The monoisotopic (exact) mass is 323 g/mol. The first-order chi connectivity index (χ1) is 11.7. The van der Waals surface area contributed by atoms with Crippen LogP contribution in [-0.2, 0) is 11.2 Å². The van der Waals surface area contributed by atoms with Crippen LogP contribution in [0.1, 0.15) is 47.2 Å². The second kappa shape index (κ2) is 7.30. The predicted molar refractivity (Wildman–Crippen MR) is 93.1 cm³/mol. The van der Waals surface area contributed by atoms with E-state index in [2.05, 4.69) is 23.5 Å². The Hall–Kier alpha value is -2.62. The molecule has 2 aromatic rings. The minimum Gasteiger partial charge on any atom is -0.481 e. The van der Waals surface area contributed by atoms with Gasteiger partial charge in [-0.05, 0) is 47.6 Å². The van der Waals surface area contributed by atoms with E-state index < -0.39 is 5.97 Å². The molecule has 4 nitrogen and oxygen atoms in total. The summed E-state index contributed by atoms with van der Waals surface area (Å²) >= 11 is 0. The smallest absolute Gasteiger partial charge is 0.303 e. The van der Waals surface area contributed by atoms with Crippen molar-refractivity contribution in [3.8, 4) is 11.1 Å². The van der Waals surface area contributed by atoms with Gasteiger partial charge in [0.1, 0.15) is 0 Å². The number of unbranched alkanes of at least 4 members (excludes halogenated alkanes) is 2. The highest BCUT2D eigenvalue weighted by molar-refractivity contribution is 5.99. The molecule has 0 saturated heterocycles. The molecule has 124 valence electrons. The molecule has 0 saturated carbocycles. The Morgan fingerprint density at radius 2 is 1.75 bits per heavy atom. The highest BCUT2D eigenvalue weighted by Gasteiger charge is 2.22. The van der Waals surface area contributed by atoms with Gasteiger partial charge in [-0.25, -0.2) is 0 Å². The maximum atomic E-state index is 12.5. The Balaban J connectivity index is 1.60. The molecule has 1 aliphatic rings. The van der Waals surface area contributed by atoms with Gasteiger partial charge in [-0.3, -0.25) is 9.59 Å². The minimum absolute atomic E-state index is 0.0436. The summed E-state index contributed by atoms with van der Waals surface area (Å²) in [6.45, 7) is 0.578. The Kier molecular flexibility index (Phi) is 4.94. The van der Waals surface area contributed by atoms with Crippen molar-refractivity contribution in [3.05, 3.63) is 59.2 Å². The van der Waals surface area contributed by atoms with Gasteiger partial charge in [0.25, 0.3) is 5.91 Å². The van der Waals surface area contributed by atoms with E-state index in [0.717, 1.165) is 36.0 Å². The molecule has 2 N–H and O–H groups in total. The number of carbonyl (C=O) groups excluding carboxylic acids is 1. The Labute approximate surface area is 141 Å². The van der Waals surface area contributed by atoms with Crippen molar-refractivity contribution in [3.63, 3.8) is 0 Å². The molecule has 0 atom stereocenters. The molecule has 0 radical (unpaired) electrons. The van der Waals surface area contributed by atoms with Crippen molar-refractivity contribution in [1.82, 2.24) is 5.32 Å². The molecule has 0 bridgehead atoms. The summed E-state index contributed by atoms with van der Waals surface area (Å²) in [6.07, 6.45) is 3.26. The molecule has 1 amide bonds. The van der Waals surface area contributed by atoms with E-state index in [1.807, 2.05) is 24.3 Å². The van der Waals surface area contributed by atoms with Crippen LogP contribution in [0.2, 0.25) is 0 Å². The molecule has 0 heterocycles. The zero-order valence-corrected chi connectivity index (χ0v) is 13.5. The third-order valence-electron chi connectivity index (χ3n) is 4.45. The molecule has 0 fully saturated rings. The number of hydrogen-bond acceptors (Lipinski definition) is 2. The summed E-state index contributed by atoms with van der Waals surface area (Å²) < 4.78 is 0. The highest BCUT2D eigenvalue weighted by Crippen LogP contribution is 2.37. The maximum Gasteiger partial charge on any atom is 0.303 e. The Morgan fingerprint density at radius 3 is 2.58 bits per heavy atom. The van der Waals surface area contributed by atoms with Crippen molar-refractivity contribution in [2.24, 2.45) is 0 Å². The third kappa shape index (κ3) is 3.48. The van der Waals surface area contributed by atoms with Crippen molar-refractivity contribution < 1.29 is 14.7 Å². The largest absolute Gasteiger partial charge is 0.481 e. The fourth-order valence-electron chi connectivity index (χ4n) is 3.25. The SMILES string of the molecule is O=C(O)CCCCCNC(=O)c1cccc2c1Cc1ccccc1-2. The molecule has 3 rings (SSSR count). The zero-order chi connectivity index (χ0) is 16.9. The maximum absolute atomic E-state index is 12.5. The molecule has 0 aliphatic heterocycles. The number of carboxylic acids is 1. The van der Waals surface area contributed by atoms with Crippen LogP contribution in [0.25, 0.3) is 11.1 Å². The molecule has 0 spiro atoms. The van der Waals surface area contributed by atoms with Gasteiger partial charge in [0.05, 0.1) is 0 Å². The molecule has 2 aromatic carbocycles. The van der Waals surface area contributed by atoms with E-state index in [1.165, 1.54) is 11.1 Å². The van der Waals surface area contributed by atoms with E-state index in [4.69, 9.17) is 5.11 Å². The summed E-state index contributed by atoms with van der Waals surface area (Å²) in [7, 11) is 0. The van der Waals surface area contributed by atoms with Crippen LogP contribution in [-0.4, -0.2) is 23.5 Å². The first-order valence-corrected chi connectivity index (χ1v) is 8.37. The van der Waals surface area contributed by atoms with Gasteiger partial charge < -0.3 is 10.4 Å². The number of aliphatic carboxylic acids is 1. The van der Waals surface area contributed by atoms with E-state index >= 15 is 0 Å². The van der Waals surface area contributed by atoms with Crippen molar-refractivity contribution in [1.29, 1.82) is 0 Å². The highest BCUT2D eigenvalue weighted by atomic mass is 16.4. The van der Waals surface area contributed by atoms with Gasteiger partial charge >= 0.3 is 5.97 Å². The van der Waals surface area contributed by atoms with Crippen LogP contribution in [0.15, 0.2) is 42.5 Å². The molecule has 4 heteroatoms. The summed E-state index contributed by atoms with van der Waals surface area (Å²) in [5.41, 5.74) is 5.48. The molecule has 24 heavy (non-hydrogen) atoms. The lowest BCUT2D eigenvalue weighted by atomic mass is 10.0. The van der Waals surface area contributed by atoms with Crippen LogP contribution in [0.3, 0.4) is 0 Å².